The van der Waals surface area contributed by atoms with Gasteiger partial charge in [-0.25, -0.2) is 0 Å². The molecular weight excluding hydrogens is 264 g/mol. The molecule has 0 atom stereocenters. The van der Waals surface area contributed by atoms with E-state index in [-0.39, 0.29) is 0 Å². The third kappa shape index (κ3) is 7.42. The molecule has 0 radical (unpaired) electrons. The molecule has 0 unspecified atom stereocenters. The molecule has 0 aliphatic heterocycles. The Bertz CT molecular complexity index is 322. The highest BCUT2D eigenvalue weighted by Gasteiger charge is 2.03. The fraction of sp³-hybridized carbons (Fsp3) is 0.556. The normalized spacial score (nSPS) is 17.5. The van der Waals surface area contributed by atoms with Gasteiger partial charge < -0.3 is 14.2 Å². The Balaban J connectivity index is 1.28. The van der Waals surface area contributed by atoms with Gasteiger partial charge in [0.1, 0.15) is 0 Å². The molecule has 0 saturated heterocycles. The van der Waals surface area contributed by atoms with Gasteiger partial charge in [-0.1, -0.05) is 48.6 Å². The molecule has 0 heterocycles. The van der Waals surface area contributed by atoms with Crippen molar-refractivity contribution in [1.82, 2.24) is 0 Å². The van der Waals surface area contributed by atoms with Crippen LogP contribution in [0.5, 0.6) is 0 Å². The van der Waals surface area contributed by atoms with E-state index in [9.17, 15) is 0 Å². The minimum Gasteiger partial charge on any atom is -0.379 e. The second kappa shape index (κ2) is 10.6. The molecule has 2 rings (SSSR count). The Kier molecular flexibility index (Phi) is 8.15. The summed E-state index contributed by atoms with van der Waals surface area (Å²) in [6, 6.07) is 0. The van der Waals surface area contributed by atoms with Crippen molar-refractivity contribution in [3.05, 3.63) is 48.6 Å². The third-order valence-corrected chi connectivity index (χ3v) is 3.59. The predicted molar refractivity (Wildman–Crippen MR) is 85.2 cm³/mol. The van der Waals surface area contributed by atoms with Crippen LogP contribution in [0.15, 0.2) is 48.6 Å². The topological polar surface area (TPSA) is 27.7 Å². The van der Waals surface area contributed by atoms with E-state index in [1.54, 1.807) is 0 Å². The molecule has 0 aromatic rings. The minimum absolute atomic E-state index is 0.559. The molecule has 3 nitrogen and oxygen atoms in total. The van der Waals surface area contributed by atoms with Crippen LogP contribution >= 0.6 is 0 Å². The molecule has 0 saturated carbocycles. The molecule has 21 heavy (non-hydrogen) atoms. The summed E-state index contributed by atoms with van der Waals surface area (Å²) in [4.78, 5) is 0. The molecule has 0 bridgehead atoms. The Morgan fingerprint density at radius 2 is 0.810 bits per heavy atom. The lowest BCUT2D eigenvalue weighted by molar-refractivity contribution is 0.0125. The van der Waals surface area contributed by atoms with Gasteiger partial charge in [0.15, 0.2) is 0 Å². The molecule has 0 spiro atoms. The van der Waals surface area contributed by atoms with Crippen LogP contribution in [0.25, 0.3) is 0 Å². The van der Waals surface area contributed by atoms with E-state index >= 15 is 0 Å². The first kappa shape index (κ1) is 16.2. The van der Waals surface area contributed by atoms with Crippen molar-refractivity contribution < 1.29 is 14.2 Å². The van der Waals surface area contributed by atoms with E-state index < -0.39 is 0 Å². The van der Waals surface area contributed by atoms with Crippen LogP contribution < -0.4 is 0 Å². The van der Waals surface area contributed by atoms with Crippen LogP contribution in [0.1, 0.15) is 12.8 Å². The van der Waals surface area contributed by atoms with E-state index in [4.69, 9.17) is 14.2 Å². The highest BCUT2D eigenvalue weighted by atomic mass is 16.5. The first-order valence-electron chi connectivity index (χ1n) is 7.88. The summed E-state index contributed by atoms with van der Waals surface area (Å²) in [6.45, 7) is 4.21. The van der Waals surface area contributed by atoms with Gasteiger partial charge in [0.2, 0.25) is 0 Å². The average Bonchev–Trinajstić information content (AvgIpc) is 3.18. The predicted octanol–water partition coefficient (Wildman–Crippen LogP) is 3.30. The second-order valence-corrected chi connectivity index (χ2v) is 5.28. The summed E-state index contributed by atoms with van der Waals surface area (Å²) in [5, 5.41) is 0. The van der Waals surface area contributed by atoms with Crippen LogP contribution in [-0.2, 0) is 14.2 Å². The fourth-order valence-corrected chi connectivity index (χ4v) is 2.32. The SMILES string of the molecule is C1=CC(CCOCCOCCOCCC2C=CC=C2)C=C1. The van der Waals surface area contributed by atoms with E-state index in [1.807, 2.05) is 0 Å². The smallest absolute Gasteiger partial charge is 0.0701 e. The lowest BCUT2D eigenvalue weighted by atomic mass is 10.1. The number of hydrogen-bond acceptors (Lipinski definition) is 3. The van der Waals surface area contributed by atoms with Gasteiger partial charge in [-0.2, -0.15) is 0 Å². The van der Waals surface area contributed by atoms with Gasteiger partial charge >= 0.3 is 0 Å². The molecule has 0 N–H and O–H groups in total. The lowest BCUT2D eigenvalue weighted by Crippen LogP contribution is -2.11. The zero-order valence-electron chi connectivity index (χ0n) is 12.7. The van der Waals surface area contributed by atoms with Crippen molar-refractivity contribution in [2.45, 2.75) is 12.8 Å². The number of allylic oxidation sites excluding steroid dienone is 8. The van der Waals surface area contributed by atoms with Crippen LogP contribution in [0.2, 0.25) is 0 Å². The third-order valence-electron chi connectivity index (χ3n) is 3.59. The molecule has 3 heteroatoms. The van der Waals surface area contributed by atoms with Crippen LogP contribution in [0, 0.1) is 11.8 Å². The largest absolute Gasteiger partial charge is 0.379 e. The van der Waals surface area contributed by atoms with Crippen LogP contribution in [0.4, 0.5) is 0 Å². The van der Waals surface area contributed by atoms with Crippen LogP contribution in [-0.4, -0.2) is 39.6 Å². The van der Waals surface area contributed by atoms with Crippen molar-refractivity contribution in [1.29, 1.82) is 0 Å². The minimum atomic E-state index is 0.559. The van der Waals surface area contributed by atoms with Crippen molar-refractivity contribution in [3.8, 4) is 0 Å². The quantitative estimate of drug-likeness (QED) is 0.516. The maximum atomic E-state index is 5.54. The molecule has 0 aromatic carbocycles. The van der Waals surface area contributed by atoms with E-state index in [0.29, 0.717) is 38.3 Å². The maximum absolute atomic E-state index is 5.54. The summed E-state index contributed by atoms with van der Waals surface area (Å²) in [5.41, 5.74) is 0. The Morgan fingerprint density at radius 1 is 0.476 bits per heavy atom. The molecule has 0 amide bonds. The molecule has 2 aliphatic rings. The van der Waals surface area contributed by atoms with E-state index in [2.05, 4.69) is 48.6 Å². The summed E-state index contributed by atoms with van der Waals surface area (Å²) in [6.07, 6.45) is 19.3. The van der Waals surface area contributed by atoms with Gasteiger partial charge in [0, 0.05) is 13.2 Å². The van der Waals surface area contributed by atoms with Gasteiger partial charge in [0.25, 0.3) is 0 Å². The van der Waals surface area contributed by atoms with Gasteiger partial charge in [-0.15, -0.1) is 0 Å². The van der Waals surface area contributed by atoms with Crippen molar-refractivity contribution in [2.24, 2.45) is 11.8 Å². The summed E-state index contributed by atoms with van der Waals surface area (Å²) < 4.78 is 16.6. The van der Waals surface area contributed by atoms with Gasteiger partial charge in [-0.3, -0.25) is 0 Å². The van der Waals surface area contributed by atoms with E-state index in [0.717, 1.165) is 26.1 Å². The highest BCUT2D eigenvalue weighted by Crippen LogP contribution is 2.13. The maximum Gasteiger partial charge on any atom is 0.0701 e. The Labute approximate surface area is 128 Å². The van der Waals surface area contributed by atoms with Gasteiger partial charge in [0.05, 0.1) is 26.4 Å². The summed E-state index contributed by atoms with van der Waals surface area (Å²) >= 11 is 0. The molecule has 116 valence electrons. The number of rotatable bonds is 12. The number of ether oxygens (including phenoxy) is 3. The monoisotopic (exact) mass is 290 g/mol. The summed E-state index contributed by atoms with van der Waals surface area (Å²) in [7, 11) is 0. The Hall–Kier alpha value is -1.16. The van der Waals surface area contributed by atoms with E-state index in [1.165, 1.54) is 0 Å². The van der Waals surface area contributed by atoms with Crippen molar-refractivity contribution in [2.75, 3.05) is 39.6 Å². The lowest BCUT2D eigenvalue weighted by Gasteiger charge is -2.09. The molecular formula is C18H26O3. The Morgan fingerprint density at radius 3 is 1.19 bits per heavy atom. The van der Waals surface area contributed by atoms with Crippen LogP contribution in [0.3, 0.4) is 0 Å². The fourth-order valence-electron chi connectivity index (χ4n) is 2.32. The van der Waals surface area contributed by atoms with Gasteiger partial charge in [-0.05, 0) is 24.7 Å². The molecule has 0 fully saturated rings. The average molecular weight is 290 g/mol. The standard InChI is InChI=1S/C18H26O3/c1-2-6-17(5-1)9-11-19-13-15-21-16-14-20-12-10-18-7-3-4-8-18/h1-8,17-18H,9-16H2. The highest BCUT2D eigenvalue weighted by molar-refractivity contribution is 5.17. The van der Waals surface area contributed by atoms with Crippen molar-refractivity contribution in [3.63, 3.8) is 0 Å². The first-order chi connectivity index (χ1) is 10.4. The number of hydrogen-bond donors (Lipinski definition) is 0. The zero-order valence-corrected chi connectivity index (χ0v) is 12.7. The molecule has 0 aromatic heterocycles. The summed E-state index contributed by atoms with van der Waals surface area (Å²) in [5.74, 6) is 1.12. The van der Waals surface area contributed by atoms with Crippen molar-refractivity contribution >= 4 is 0 Å². The zero-order chi connectivity index (χ0) is 14.6. The second-order valence-electron chi connectivity index (χ2n) is 5.28. The molecule has 2 aliphatic carbocycles. The first-order valence-corrected chi connectivity index (χ1v) is 7.88.